The van der Waals surface area contributed by atoms with E-state index in [-0.39, 0.29) is 24.1 Å². The summed E-state index contributed by atoms with van der Waals surface area (Å²) in [6.07, 6.45) is 1.69. The van der Waals surface area contributed by atoms with Gasteiger partial charge in [-0.3, -0.25) is 9.59 Å². The van der Waals surface area contributed by atoms with Crippen molar-refractivity contribution in [2.45, 2.75) is 6.92 Å². The first-order chi connectivity index (χ1) is 10.5. The van der Waals surface area contributed by atoms with E-state index < -0.39 is 0 Å². The number of rotatable bonds is 5. The van der Waals surface area contributed by atoms with E-state index in [4.69, 9.17) is 11.6 Å². The Morgan fingerprint density at radius 1 is 1.36 bits per heavy atom. The number of benzene rings is 1. The summed E-state index contributed by atoms with van der Waals surface area (Å²) in [5.74, 6) is -0.503. The number of halogens is 1. The van der Waals surface area contributed by atoms with Crippen molar-refractivity contribution in [3.63, 3.8) is 0 Å². The molecule has 2 rings (SSSR count). The fraction of sp³-hybridized carbons (Fsp3) is 0.267. The van der Waals surface area contributed by atoms with Gasteiger partial charge in [-0.15, -0.1) is 0 Å². The van der Waals surface area contributed by atoms with E-state index in [1.165, 1.54) is 11.9 Å². The van der Waals surface area contributed by atoms with Gasteiger partial charge in [0.15, 0.2) is 5.69 Å². The molecule has 1 aromatic heterocycles. The second-order valence-corrected chi connectivity index (χ2v) is 5.05. The van der Waals surface area contributed by atoms with Crippen LogP contribution in [-0.4, -0.2) is 46.6 Å². The summed E-state index contributed by atoms with van der Waals surface area (Å²) in [6.45, 7) is 2.25. The highest BCUT2D eigenvalue weighted by Gasteiger charge is 2.19. The average Bonchev–Trinajstić information content (AvgIpc) is 3.01. The molecular formula is C15H17ClN4O2. The van der Waals surface area contributed by atoms with Crippen molar-refractivity contribution < 1.29 is 9.59 Å². The van der Waals surface area contributed by atoms with Crippen LogP contribution in [0, 0.1) is 0 Å². The van der Waals surface area contributed by atoms with Crippen LogP contribution in [0.5, 0.6) is 0 Å². The Hall–Kier alpha value is -2.34. The molecule has 0 aliphatic carbocycles. The number of carbonyl (C=O) groups excluding carboxylic acids is 2. The lowest BCUT2D eigenvalue weighted by Crippen LogP contribution is -2.39. The second kappa shape index (κ2) is 7.09. The number of hydrogen-bond donors (Lipinski definition) is 1. The monoisotopic (exact) mass is 320 g/mol. The number of carbonyl (C=O) groups is 2. The summed E-state index contributed by atoms with van der Waals surface area (Å²) in [5, 5.41) is 7.35. The number of aromatic nitrogens is 2. The third kappa shape index (κ3) is 3.65. The summed E-state index contributed by atoms with van der Waals surface area (Å²) in [5.41, 5.74) is 1.05. The molecule has 2 aromatic rings. The zero-order chi connectivity index (χ0) is 16.1. The molecule has 22 heavy (non-hydrogen) atoms. The summed E-state index contributed by atoms with van der Waals surface area (Å²) in [4.78, 5) is 25.3. The lowest BCUT2D eigenvalue weighted by molar-refractivity contribution is -0.121. The van der Waals surface area contributed by atoms with Gasteiger partial charge >= 0.3 is 0 Å². The van der Waals surface area contributed by atoms with E-state index in [9.17, 15) is 9.59 Å². The minimum atomic E-state index is -0.285. The van der Waals surface area contributed by atoms with Gasteiger partial charge in [0.05, 0.1) is 12.2 Å². The predicted molar refractivity (Wildman–Crippen MR) is 84.2 cm³/mol. The van der Waals surface area contributed by atoms with E-state index in [1.54, 1.807) is 29.1 Å². The summed E-state index contributed by atoms with van der Waals surface area (Å²) in [6, 6.07) is 8.80. The summed E-state index contributed by atoms with van der Waals surface area (Å²) < 4.78 is 1.58. The maximum Gasteiger partial charge on any atom is 0.274 e. The smallest absolute Gasteiger partial charge is 0.274 e. The zero-order valence-corrected chi connectivity index (χ0v) is 13.2. The summed E-state index contributed by atoms with van der Waals surface area (Å²) >= 11 is 5.95. The van der Waals surface area contributed by atoms with Crippen molar-refractivity contribution in [3.8, 4) is 5.69 Å². The van der Waals surface area contributed by atoms with E-state index in [2.05, 4.69) is 10.4 Å². The highest BCUT2D eigenvalue weighted by molar-refractivity contribution is 6.30. The predicted octanol–water partition coefficient (Wildman–Crippen LogP) is 1.73. The van der Waals surface area contributed by atoms with Gasteiger partial charge in [-0.05, 0) is 31.2 Å². The van der Waals surface area contributed by atoms with E-state index >= 15 is 0 Å². The third-order valence-electron chi connectivity index (χ3n) is 3.16. The third-order valence-corrected chi connectivity index (χ3v) is 3.40. The van der Waals surface area contributed by atoms with Crippen LogP contribution in [0.4, 0.5) is 0 Å². The molecular weight excluding hydrogens is 304 g/mol. The van der Waals surface area contributed by atoms with Crippen LogP contribution in [0.3, 0.4) is 0 Å². The lowest BCUT2D eigenvalue weighted by atomic mass is 10.3. The van der Waals surface area contributed by atoms with Crippen LogP contribution in [0.1, 0.15) is 17.4 Å². The Kier molecular flexibility index (Phi) is 5.16. The molecule has 7 heteroatoms. The fourth-order valence-corrected chi connectivity index (χ4v) is 2.13. The van der Waals surface area contributed by atoms with E-state index in [0.717, 1.165) is 5.69 Å². The Morgan fingerprint density at radius 2 is 2.14 bits per heavy atom. The van der Waals surface area contributed by atoms with Gasteiger partial charge in [0, 0.05) is 24.8 Å². The Morgan fingerprint density at radius 3 is 2.77 bits per heavy atom. The highest BCUT2D eigenvalue weighted by atomic mass is 35.5. The van der Waals surface area contributed by atoms with Crippen LogP contribution >= 0.6 is 11.6 Å². The molecule has 0 unspecified atom stereocenters. The maximum absolute atomic E-state index is 12.4. The molecule has 0 fully saturated rings. The minimum Gasteiger partial charge on any atom is -0.358 e. The minimum absolute atomic E-state index is 0.00978. The molecule has 116 valence electrons. The molecule has 1 heterocycles. The Labute approximate surface area is 133 Å². The van der Waals surface area contributed by atoms with Crippen molar-refractivity contribution >= 4 is 23.4 Å². The van der Waals surface area contributed by atoms with E-state index in [0.29, 0.717) is 11.6 Å². The van der Waals surface area contributed by atoms with Gasteiger partial charge in [0.25, 0.3) is 5.91 Å². The van der Waals surface area contributed by atoms with Crippen LogP contribution in [0.2, 0.25) is 5.02 Å². The molecule has 0 spiro atoms. The van der Waals surface area contributed by atoms with Crippen LogP contribution in [0.25, 0.3) is 5.69 Å². The van der Waals surface area contributed by atoms with E-state index in [1.807, 2.05) is 19.1 Å². The SMILES string of the molecule is CCN(CC(=O)NC)C(=O)c1ccn(-c2cccc(Cl)c2)n1. The van der Waals surface area contributed by atoms with Gasteiger partial charge in [0.2, 0.25) is 5.91 Å². The van der Waals surface area contributed by atoms with Crippen molar-refractivity contribution in [2.24, 2.45) is 0 Å². The fourth-order valence-electron chi connectivity index (χ4n) is 1.94. The Bertz CT molecular complexity index is 684. The highest BCUT2D eigenvalue weighted by Crippen LogP contribution is 2.14. The lowest BCUT2D eigenvalue weighted by Gasteiger charge is -2.18. The van der Waals surface area contributed by atoms with Gasteiger partial charge in [-0.1, -0.05) is 17.7 Å². The van der Waals surface area contributed by atoms with Gasteiger partial charge in [-0.25, -0.2) is 4.68 Å². The molecule has 0 bridgehead atoms. The number of nitrogens with one attached hydrogen (secondary N) is 1. The summed E-state index contributed by atoms with van der Waals surface area (Å²) in [7, 11) is 1.54. The molecule has 1 aromatic carbocycles. The molecule has 1 N–H and O–H groups in total. The van der Waals surface area contributed by atoms with Crippen LogP contribution in [-0.2, 0) is 4.79 Å². The molecule has 6 nitrogen and oxygen atoms in total. The normalized spacial score (nSPS) is 10.3. The largest absolute Gasteiger partial charge is 0.358 e. The molecule has 0 aliphatic rings. The first-order valence-electron chi connectivity index (χ1n) is 6.86. The number of likely N-dealkylation sites (N-methyl/N-ethyl adjacent to an activating group) is 2. The number of hydrogen-bond acceptors (Lipinski definition) is 3. The molecule has 0 radical (unpaired) electrons. The molecule has 0 saturated heterocycles. The van der Waals surface area contributed by atoms with Gasteiger partial charge < -0.3 is 10.2 Å². The van der Waals surface area contributed by atoms with Gasteiger partial charge in [0.1, 0.15) is 0 Å². The first-order valence-corrected chi connectivity index (χ1v) is 7.24. The number of nitrogens with zero attached hydrogens (tertiary/aromatic N) is 3. The Balaban J connectivity index is 2.19. The zero-order valence-electron chi connectivity index (χ0n) is 12.4. The maximum atomic E-state index is 12.4. The van der Waals surface area contributed by atoms with Crippen LogP contribution in [0.15, 0.2) is 36.5 Å². The van der Waals surface area contributed by atoms with Crippen molar-refractivity contribution in [1.29, 1.82) is 0 Å². The molecule has 0 saturated carbocycles. The topological polar surface area (TPSA) is 67.2 Å². The first kappa shape index (κ1) is 16.0. The van der Waals surface area contributed by atoms with Gasteiger partial charge in [-0.2, -0.15) is 5.10 Å². The van der Waals surface area contributed by atoms with Crippen molar-refractivity contribution in [2.75, 3.05) is 20.1 Å². The average molecular weight is 321 g/mol. The molecule has 2 amide bonds. The van der Waals surface area contributed by atoms with Crippen LogP contribution < -0.4 is 5.32 Å². The standard InChI is InChI=1S/C15H17ClN4O2/c1-3-19(10-14(21)17-2)15(22)13-7-8-20(18-13)12-6-4-5-11(16)9-12/h4-9H,3,10H2,1-2H3,(H,17,21). The quantitative estimate of drug-likeness (QED) is 0.912. The molecule has 0 aliphatic heterocycles. The number of amides is 2. The van der Waals surface area contributed by atoms with Crippen molar-refractivity contribution in [3.05, 3.63) is 47.2 Å². The second-order valence-electron chi connectivity index (χ2n) is 4.62. The van der Waals surface area contributed by atoms with Crippen molar-refractivity contribution in [1.82, 2.24) is 20.0 Å². The molecule has 0 atom stereocenters.